The zero-order valence-electron chi connectivity index (χ0n) is 14.4. The molecule has 0 radical (unpaired) electrons. The summed E-state index contributed by atoms with van der Waals surface area (Å²) in [6.45, 7) is 1.60. The van der Waals surface area contributed by atoms with Gasteiger partial charge >= 0.3 is 0 Å². The second-order valence-corrected chi connectivity index (χ2v) is 6.96. The smallest absolute Gasteiger partial charge is 0.254 e. The first-order valence-electron chi connectivity index (χ1n) is 8.55. The van der Waals surface area contributed by atoms with Gasteiger partial charge in [-0.1, -0.05) is 11.6 Å². The summed E-state index contributed by atoms with van der Waals surface area (Å²) in [7, 11) is 1.80. The van der Waals surface area contributed by atoms with Crippen LogP contribution in [0.2, 0.25) is 5.02 Å². The van der Waals surface area contributed by atoms with Gasteiger partial charge in [-0.25, -0.2) is 4.98 Å². The highest BCUT2D eigenvalue weighted by Gasteiger charge is 2.23. The number of benzene rings is 1. The molecule has 8 heteroatoms. The molecular formula is C18H19ClN6O. The van der Waals surface area contributed by atoms with Gasteiger partial charge in [-0.15, -0.1) is 0 Å². The molecule has 0 aliphatic carbocycles. The quantitative estimate of drug-likeness (QED) is 0.766. The Balaban J connectivity index is 1.48. The summed E-state index contributed by atoms with van der Waals surface area (Å²) in [6, 6.07) is 5.56. The Hall–Kier alpha value is -2.67. The van der Waals surface area contributed by atoms with Crippen molar-refractivity contribution in [3.63, 3.8) is 0 Å². The van der Waals surface area contributed by atoms with E-state index in [4.69, 9.17) is 16.6 Å². The third-order valence-corrected chi connectivity index (χ3v) is 4.77. The topological polar surface area (TPSA) is 75.9 Å². The molecule has 1 amide bonds. The Labute approximate surface area is 156 Å². The highest BCUT2D eigenvalue weighted by atomic mass is 35.5. The maximum atomic E-state index is 12.4. The van der Waals surface area contributed by atoms with E-state index in [2.05, 4.69) is 20.3 Å². The Morgan fingerprint density at radius 3 is 3.00 bits per heavy atom. The number of hydrogen-bond acceptors (Lipinski definition) is 5. The van der Waals surface area contributed by atoms with Crippen LogP contribution in [0.15, 0.2) is 36.8 Å². The Morgan fingerprint density at radius 2 is 2.19 bits per heavy atom. The number of carbonyl (C=O) groups excluding carboxylic acids is 1. The number of aromatic nitrogens is 4. The van der Waals surface area contributed by atoms with E-state index in [1.54, 1.807) is 36.4 Å². The number of piperidine rings is 1. The average Bonchev–Trinajstić information content (AvgIpc) is 3.08. The fourth-order valence-corrected chi connectivity index (χ4v) is 3.40. The largest absolute Gasteiger partial charge is 0.353 e. The van der Waals surface area contributed by atoms with Gasteiger partial charge in [-0.2, -0.15) is 5.10 Å². The van der Waals surface area contributed by atoms with Gasteiger partial charge in [0.25, 0.3) is 5.91 Å². The van der Waals surface area contributed by atoms with Crippen molar-refractivity contribution in [3.05, 3.63) is 47.4 Å². The molecule has 0 saturated carbocycles. The normalized spacial score (nSPS) is 17.5. The molecule has 134 valence electrons. The number of halogens is 1. The van der Waals surface area contributed by atoms with Crippen LogP contribution in [0.1, 0.15) is 23.2 Å². The second kappa shape index (κ2) is 6.92. The molecule has 1 saturated heterocycles. The number of carbonyl (C=O) groups is 1. The van der Waals surface area contributed by atoms with Crippen LogP contribution in [0.4, 0.5) is 5.82 Å². The number of nitrogens with one attached hydrogen (secondary N) is 1. The number of anilines is 1. The van der Waals surface area contributed by atoms with Gasteiger partial charge in [0.1, 0.15) is 5.82 Å². The maximum Gasteiger partial charge on any atom is 0.254 e. The first-order chi connectivity index (χ1) is 12.6. The van der Waals surface area contributed by atoms with Gasteiger partial charge in [-0.3, -0.25) is 14.5 Å². The fraction of sp³-hybridized carbons (Fsp3) is 0.333. The minimum Gasteiger partial charge on any atom is -0.353 e. The summed E-state index contributed by atoms with van der Waals surface area (Å²) in [5, 5.41) is 7.79. The monoisotopic (exact) mass is 370 g/mol. The molecule has 1 atom stereocenters. The first kappa shape index (κ1) is 16.8. The van der Waals surface area contributed by atoms with Crippen molar-refractivity contribution in [2.24, 2.45) is 7.05 Å². The SMILES string of the molecule is Cn1cc(C(=O)NC2CCCN(c3cnc4cc(Cl)ccc4n3)C2)cn1. The van der Waals surface area contributed by atoms with E-state index in [9.17, 15) is 4.79 Å². The van der Waals surface area contributed by atoms with Crippen molar-refractivity contribution in [1.82, 2.24) is 25.1 Å². The minimum atomic E-state index is -0.0933. The van der Waals surface area contributed by atoms with Gasteiger partial charge in [0.05, 0.1) is 29.0 Å². The Kier molecular flexibility index (Phi) is 4.46. The maximum absolute atomic E-state index is 12.4. The predicted molar refractivity (Wildman–Crippen MR) is 100 cm³/mol. The van der Waals surface area contributed by atoms with Gasteiger partial charge in [-0.05, 0) is 31.0 Å². The van der Waals surface area contributed by atoms with Crippen molar-refractivity contribution in [2.75, 3.05) is 18.0 Å². The lowest BCUT2D eigenvalue weighted by molar-refractivity contribution is 0.0933. The van der Waals surface area contributed by atoms with Crippen LogP contribution in [0.25, 0.3) is 11.0 Å². The standard InChI is InChI=1S/C18H19ClN6O/c1-24-10-12(8-21-24)18(26)22-14-3-2-6-25(11-14)17-9-20-16-7-13(19)4-5-15(16)23-17/h4-5,7-10,14H,2-3,6,11H2,1H3,(H,22,26). The third kappa shape index (κ3) is 3.48. The van der Waals surface area contributed by atoms with Crippen molar-refractivity contribution < 1.29 is 4.79 Å². The highest BCUT2D eigenvalue weighted by Crippen LogP contribution is 2.22. The number of nitrogens with zero attached hydrogens (tertiary/aromatic N) is 5. The average molecular weight is 371 g/mol. The molecule has 1 fully saturated rings. The van der Waals surface area contributed by atoms with Crippen LogP contribution in [0.3, 0.4) is 0 Å². The van der Waals surface area contributed by atoms with Crippen molar-refractivity contribution in [3.8, 4) is 0 Å². The molecule has 26 heavy (non-hydrogen) atoms. The predicted octanol–water partition coefficient (Wildman–Crippen LogP) is 2.42. The molecular weight excluding hydrogens is 352 g/mol. The van der Waals surface area contributed by atoms with Gasteiger partial charge in [0.2, 0.25) is 0 Å². The van der Waals surface area contributed by atoms with Gasteiger partial charge < -0.3 is 10.2 Å². The molecule has 1 unspecified atom stereocenters. The lowest BCUT2D eigenvalue weighted by Gasteiger charge is -2.33. The van der Waals surface area contributed by atoms with Crippen molar-refractivity contribution in [1.29, 1.82) is 0 Å². The first-order valence-corrected chi connectivity index (χ1v) is 8.93. The molecule has 0 spiro atoms. The molecule has 4 rings (SSSR count). The van der Waals surface area contributed by atoms with E-state index in [0.717, 1.165) is 36.2 Å². The van der Waals surface area contributed by atoms with Crippen LogP contribution >= 0.6 is 11.6 Å². The van der Waals surface area contributed by atoms with Crippen LogP contribution < -0.4 is 10.2 Å². The molecule has 7 nitrogen and oxygen atoms in total. The molecule has 1 N–H and O–H groups in total. The molecule has 2 aromatic heterocycles. The summed E-state index contributed by atoms with van der Waals surface area (Å²) < 4.78 is 1.62. The lowest BCUT2D eigenvalue weighted by Crippen LogP contribution is -2.48. The van der Waals surface area contributed by atoms with E-state index in [-0.39, 0.29) is 11.9 Å². The number of fused-ring (bicyclic) bond motifs is 1. The minimum absolute atomic E-state index is 0.0687. The number of aryl methyl sites for hydroxylation is 1. The highest BCUT2D eigenvalue weighted by molar-refractivity contribution is 6.31. The lowest BCUT2D eigenvalue weighted by atomic mass is 10.1. The summed E-state index contributed by atoms with van der Waals surface area (Å²) in [5.74, 6) is 0.726. The molecule has 1 aromatic carbocycles. The van der Waals surface area contributed by atoms with E-state index in [0.29, 0.717) is 17.1 Å². The summed E-state index contributed by atoms with van der Waals surface area (Å²) >= 11 is 6.00. The second-order valence-electron chi connectivity index (χ2n) is 6.52. The summed E-state index contributed by atoms with van der Waals surface area (Å²) in [5.41, 5.74) is 2.17. The molecule has 3 aromatic rings. The van der Waals surface area contributed by atoms with Crippen molar-refractivity contribution >= 4 is 34.4 Å². The molecule has 1 aliphatic heterocycles. The van der Waals surface area contributed by atoms with Crippen LogP contribution in [-0.2, 0) is 7.05 Å². The van der Waals surface area contributed by atoms with Gasteiger partial charge in [0.15, 0.2) is 0 Å². The van der Waals surface area contributed by atoms with E-state index in [1.165, 1.54) is 0 Å². The van der Waals surface area contributed by atoms with E-state index < -0.39 is 0 Å². The molecule has 0 bridgehead atoms. The molecule has 1 aliphatic rings. The van der Waals surface area contributed by atoms with E-state index >= 15 is 0 Å². The van der Waals surface area contributed by atoms with Crippen LogP contribution in [0, 0.1) is 0 Å². The number of hydrogen-bond donors (Lipinski definition) is 1. The van der Waals surface area contributed by atoms with Crippen LogP contribution in [-0.4, -0.2) is 44.8 Å². The van der Waals surface area contributed by atoms with E-state index in [1.807, 2.05) is 12.1 Å². The molecule has 3 heterocycles. The third-order valence-electron chi connectivity index (χ3n) is 4.54. The zero-order chi connectivity index (χ0) is 18.1. The number of amides is 1. The Morgan fingerprint density at radius 1 is 1.31 bits per heavy atom. The Bertz CT molecular complexity index is 956. The fourth-order valence-electron chi connectivity index (χ4n) is 3.24. The van der Waals surface area contributed by atoms with Crippen molar-refractivity contribution in [2.45, 2.75) is 18.9 Å². The number of rotatable bonds is 3. The zero-order valence-corrected chi connectivity index (χ0v) is 15.1. The van der Waals surface area contributed by atoms with Crippen LogP contribution in [0.5, 0.6) is 0 Å². The summed E-state index contributed by atoms with van der Waals surface area (Å²) in [6.07, 6.45) is 6.99. The van der Waals surface area contributed by atoms with Gasteiger partial charge in [0, 0.05) is 37.4 Å². The summed E-state index contributed by atoms with van der Waals surface area (Å²) in [4.78, 5) is 23.7.